The van der Waals surface area contributed by atoms with Crippen LogP contribution in [0.5, 0.6) is 0 Å². The van der Waals surface area contributed by atoms with E-state index in [1.165, 1.54) is 19.3 Å². The van der Waals surface area contributed by atoms with Crippen LogP contribution in [0.2, 0.25) is 0 Å². The highest BCUT2D eigenvalue weighted by Gasteiger charge is 2.77. The van der Waals surface area contributed by atoms with E-state index in [4.69, 9.17) is 9.47 Å². The van der Waals surface area contributed by atoms with E-state index in [1.54, 1.807) is 0 Å². The molecule has 202 valence electrons. The summed E-state index contributed by atoms with van der Waals surface area (Å²) in [6.45, 7) is 11.7. The lowest BCUT2D eigenvalue weighted by Gasteiger charge is -2.51. The van der Waals surface area contributed by atoms with Crippen molar-refractivity contribution in [3.8, 4) is 0 Å². The van der Waals surface area contributed by atoms with Crippen LogP contribution in [0.15, 0.2) is 12.2 Å². The van der Waals surface area contributed by atoms with Crippen molar-refractivity contribution in [2.45, 2.75) is 84.8 Å². The molecule has 0 aromatic carbocycles. The molecule has 16 unspecified atom stereocenters. The number of hydrogen-bond acceptors (Lipinski definition) is 4. The SMILES string of the molecule is CC(C)(C)OC(=O)CC1C2CC(C1C(=O)OC(C)(C)C)C1C3CC(C21)C1C2CC(C4C5C=CC(C5)C24)C31. The van der Waals surface area contributed by atoms with Crippen molar-refractivity contribution in [1.29, 1.82) is 0 Å². The van der Waals surface area contributed by atoms with Gasteiger partial charge in [-0.05, 0) is 156 Å². The summed E-state index contributed by atoms with van der Waals surface area (Å²) in [6, 6.07) is 0. The van der Waals surface area contributed by atoms with Crippen LogP contribution in [0, 0.1) is 94.7 Å². The highest BCUT2D eigenvalue weighted by Crippen LogP contribution is 2.81. The Kier molecular flexibility index (Phi) is 4.61. The number of fused-ring (bicyclic) bond motifs is 23. The van der Waals surface area contributed by atoms with Crippen LogP contribution in [-0.2, 0) is 19.1 Å². The lowest BCUT2D eigenvalue weighted by atomic mass is 9.53. The minimum absolute atomic E-state index is 0.0439. The second-order valence-electron chi connectivity index (χ2n) is 16.6. The van der Waals surface area contributed by atoms with E-state index in [1.807, 2.05) is 41.5 Å². The summed E-state index contributed by atoms with van der Waals surface area (Å²) in [6.07, 6.45) is 11.0. The number of allylic oxidation sites excluding steroid dienone is 2. The molecule has 7 saturated carbocycles. The molecular weight excluding hydrogens is 460 g/mol. The molecule has 0 aliphatic heterocycles. The van der Waals surface area contributed by atoms with Crippen LogP contribution in [0.25, 0.3) is 0 Å². The summed E-state index contributed by atoms with van der Waals surface area (Å²) >= 11 is 0. The normalized spacial score (nSPS) is 55.1. The highest BCUT2D eigenvalue weighted by atomic mass is 16.6. The van der Waals surface area contributed by atoms with E-state index >= 15 is 0 Å². The average Bonchev–Trinajstić information content (AvgIpc) is 3.60. The van der Waals surface area contributed by atoms with Crippen LogP contribution in [0.1, 0.15) is 73.6 Å². The number of hydrogen-bond donors (Lipinski definition) is 0. The van der Waals surface area contributed by atoms with Gasteiger partial charge in [0, 0.05) is 6.42 Å². The summed E-state index contributed by atoms with van der Waals surface area (Å²) in [7, 11) is 0. The molecule has 7 fully saturated rings. The molecular formula is C33H46O4. The quantitative estimate of drug-likeness (QED) is 0.262. The zero-order chi connectivity index (χ0) is 25.8. The van der Waals surface area contributed by atoms with E-state index in [2.05, 4.69) is 12.2 Å². The monoisotopic (exact) mass is 506 g/mol. The molecule has 0 spiro atoms. The zero-order valence-corrected chi connectivity index (χ0v) is 23.6. The van der Waals surface area contributed by atoms with E-state index in [0.29, 0.717) is 24.2 Å². The van der Waals surface area contributed by atoms with Crippen LogP contribution in [0.3, 0.4) is 0 Å². The number of carbonyl (C=O) groups is 2. The van der Waals surface area contributed by atoms with Crippen molar-refractivity contribution >= 4 is 11.9 Å². The topological polar surface area (TPSA) is 52.6 Å². The predicted octanol–water partition coefficient (Wildman–Crippen LogP) is 6.14. The highest BCUT2D eigenvalue weighted by molar-refractivity contribution is 5.77. The summed E-state index contributed by atoms with van der Waals surface area (Å²) < 4.78 is 11.8. The standard InChI is InChI=1S/C33H46O4/c1-32(2,3)36-23(34)13-17-16-10-22(30(17)31(35)37-33(4,5)6)29-21-12-20(26(16)29)27-18-11-19(28(21)27)25-15-8-7-14(9-15)24(18)25/h7-8,14-22,24-30H,9-13H2,1-6H3. The first-order valence-corrected chi connectivity index (χ1v) is 15.5. The van der Waals surface area contributed by atoms with Gasteiger partial charge in [-0.2, -0.15) is 0 Å². The van der Waals surface area contributed by atoms with E-state index in [-0.39, 0.29) is 23.8 Å². The summed E-state index contributed by atoms with van der Waals surface area (Å²) in [5.41, 5.74) is -0.990. The Morgan fingerprint density at radius 3 is 1.62 bits per heavy atom. The maximum absolute atomic E-state index is 13.7. The minimum atomic E-state index is -0.497. The Hall–Kier alpha value is -1.32. The first kappa shape index (κ1) is 23.6. The Morgan fingerprint density at radius 2 is 1.08 bits per heavy atom. The van der Waals surface area contributed by atoms with Crippen LogP contribution >= 0.6 is 0 Å². The van der Waals surface area contributed by atoms with Crippen LogP contribution < -0.4 is 0 Å². The van der Waals surface area contributed by atoms with E-state index in [9.17, 15) is 9.59 Å². The Balaban J connectivity index is 1.10. The fraction of sp³-hybridized carbons (Fsp3) is 0.879. The molecule has 8 bridgehead atoms. The number of esters is 2. The molecule has 0 N–H and O–H groups in total. The largest absolute Gasteiger partial charge is 0.460 e. The van der Waals surface area contributed by atoms with Gasteiger partial charge in [-0.3, -0.25) is 9.59 Å². The first-order chi connectivity index (χ1) is 17.4. The predicted molar refractivity (Wildman–Crippen MR) is 140 cm³/mol. The average molecular weight is 507 g/mol. The third kappa shape index (κ3) is 3.08. The third-order valence-electron chi connectivity index (χ3n) is 13.0. The van der Waals surface area contributed by atoms with Gasteiger partial charge in [-0.1, -0.05) is 12.2 Å². The maximum atomic E-state index is 13.7. The summed E-state index contributed by atoms with van der Waals surface area (Å²) in [5, 5.41) is 0. The molecule has 4 nitrogen and oxygen atoms in total. The smallest absolute Gasteiger partial charge is 0.310 e. The van der Waals surface area contributed by atoms with Crippen molar-refractivity contribution in [3.63, 3.8) is 0 Å². The molecule has 0 radical (unpaired) electrons. The number of ether oxygens (including phenoxy) is 2. The lowest BCUT2D eigenvalue weighted by molar-refractivity contribution is -0.170. The van der Waals surface area contributed by atoms with Gasteiger partial charge in [-0.15, -0.1) is 0 Å². The Bertz CT molecular complexity index is 1060. The van der Waals surface area contributed by atoms with Crippen molar-refractivity contribution in [3.05, 3.63) is 12.2 Å². The summed E-state index contributed by atoms with van der Waals surface area (Å²) in [4.78, 5) is 26.8. The fourth-order valence-corrected chi connectivity index (χ4v) is 13.2. The van der Waals surface area contributed by atoms with Gasteiger partial charge in [-0.25, -0.2) is 0 Å². The van der Waals surface area contributed by atoms with E-state index < -0.39 is 11.2 Å². The third-order valence-corrected chi connectivity index (χ3v) is 13.0. The van der Waals surface area contributed by atoms with Gasteiger partial charge in [0.1, 0.15) is 11.2 Å². The first-order valence-electron chi connectivity index (χ1n) is 15.5. The van der Waals surface area contributed by atoms with Gasteiger partial charge in [0.05, 0.1) is 5.92 Å². The van der Waals surface area contributed by atoms with Crippen molar-refractivity contribution < 1.29 is 19.1 Å². The maximum Gasteiger partial charge on any atom is 0.310 e. The van der Waals surface area contributed by atoms with Gasteiger partial charge in [0.15, 0.2) is 0 Å². The zero-order valence-electron chi connectivity index (χ0n) is 23.6. The van der Waals surface area contributed by atoms with Crippen LogP contribution in [-0.4, -0.2) is 23.1 Å². The van der Waals surface area contributed by atoms with Crippen molar-refractivity contribution in [2.24, 2.45) is 94.7 Å². The molecule has 4 heteroatoms. The van der Waals surface area contributed by atoms with Crippen LogP contribution in [0.4, 0.5) is 0 Å². The fourth-order valence-electron chi connectivity index (χ4n) is 13.2. The van der Waals surface area contributed by atoms with Gasteiger partial charge in [0.25, 0.3) is 0 Å². The number of carbonyl (C=O) groups excluding carboxylic acids is 2. The number of rotatable bonds is 3. The molecule has 0 aromatic heterocycles. The summed E-state index contributed by atoms with van der Waals surface area (Å²) in [5.74, 6) is 11.2. The molecule has 0 saturated heterocycles. The Morgan fingerprint density at radius 1 is 0.622 bits per heavy atom. The molecule has 37 heavy (non-hydrogen) atoms. The Labute approximate surface area is 222 Å². The van der Waals surface area contributed by atoms with Gasteiger partial charge >= 0.3 is 11.9 Å². The van der Waals surface area contributed by atoms with Crippen molar-refractivity contribution in [1.82, 2.24) is 0 Å². The van der Waals surface area contributed by atoms with Gasteiger partial charge < -0.3 is 9.47 Å². The molecule has 8 aliphatic carbocycles. The second-order valence-corrected chi connectivity index (χ2v) is 16.6. The lowest BCUT2D eigenvalue weighted by Crippen LogP contribution is -2.50. The van der Waals surface area contributed by atoms with Crippen molar-refractivity contribution in [2.75, 3.05) is 0 Å². The van der Waals surface area contributed by atoms with E-state index in [0.717, 1.165) is 71.5 Å². The minimum Gasteiger partial charge on any atom is -0.460 e. The molecule has 8 aliphatic rings. The molecule has 0 heterocycles. The molecule has 16 atom stereocenters. The molecule has 8 rings (SSSR count). The second kappa shape index (κ2) is 7.25. The molecule has 0 aromatic rings. The molecule has 0 amide bonds. The van der Waals surface area contributed by atoms with Gasteiger partial charge in [0.2, 0.25) is 0 Å².